The van der Waals surface area contributed by atoms with Crippen LogP contribution in [-0.4, -0.2) is 30.6 Å². The van der Waals surface area contributed by atoms with Gasteiger partial charge in [-0.05, 0) is 5.56 Å². The maximum atomic E-state index is 11.1. The van der Waals surface area contributed by atoms with Crippen molar-refractivity contribution in [3.05, 3.63) is 39.9 Å². The molecule has 0 radical (unpaired) electrons. The van der Waals surface area contributed by atoms with E-state index in [2.05, 4.69) is 4.74 Å². The number of esters is 2. The van der Waals surface area contributed by atoms with Gasteiger partial charge in [-0.25, -0.2) is 0 Å². The van der Waals surface area contributed by atoms with E-state index in [4.69, 9.17) is 4.74 Å². The van der Waals surface area contributed by atoms with Crippen molar-refractivity contribution in [1.29, 1.82) is 0 Å². The molecule has 0 bridgehead atoms. The highest BCUT2D eigenvalue weighted by atomic mass is 16.6. The lowest BCUT2D eigenvalue weighted by atomic mass is 10.1. The van der Waals surface area contributed by atoms with E-state index in [9.17, 15) is 19.7 Å². The van der Waals surface area contributed by atoms with Crippen LogP contribution in [0.15, 0.2) is 24.3 Å². The Labute approximate surface area is 109 Å². The third kappa shape index (κ3) is 5.15. The van der Waals surface area contributed by atoms with Crippen LogP contribution in [0.1, 0.15) is 12.0 Å². The van der Waals surface area contributed by atoms with Crippen molar-refractivity contribution < 1.29 is 24.0 Å². The highest BCUT2D eigenvalue weighted by molar-refractivity contribution is 5.91. The van der Waals surface area contributed by atoms with Crippen molar-refractivity contribution in [2.75, 3.05) is 13.7 Å². The highest BCUT2D eigenvalue weighted by Crippen LogP contribution is 2.12. The molecule has 19 heavy (non-hydrogen) atoms. The summed E-state index contributed by atoms with van der Waals surface area (Å²) < 4.78 is 9.14. The second kappa shape index (κ2) is 7.10. The number of methoxy groups -OCH3 is 1. The molecule has 7 heteroatoms. The molecule has 0 N–H and O–H groups in total. The lowest BCUT2D eigenvalue weighted by Gasteiger charge is -2.04. The summed E-state index contributed by atoms with van der Waals surface area (Å²) in [6.07, 6.45) is 0.00166. The third-order valence-electron chi connectivity index (χ3n) is 2.32. The van der Waals surface area contributed by atoms with E-state index in [1.807, 2.05) is 0 Å². The van der Waals surface area contributed by atoms with Crippen LogP contribution in [0.2, 0.25) is 0 Å². The van der Waals surface area contributed by atoms with Crippen LogP contribution in [0, 0.1) is 10.1 Å². The van der Waals surface area contributed by atoms with Gasteiger partial charge < -0.3 is 9.47 Å². The molecule has 0 amide bonds. The van der Waals surface area contributed by atoms with Crippen LogP contribution in [0.4, 0.5) is 5.69 Å². The molecule has 0 heterocycles. The Balaban J connectivity index is 2.35. The summed E-state index contributed by atoms with van der Waals surface area (Å²) in [6.45, 7) is 0.105. The molecule has 0 aliphatic heterocycles. The minimum absolute atomic E-state index is 0.00596. The summed E-state index contributed by atoms with van der Waals surface area (Å²) in [5, 5.41) is 10.4. The monoisotopic (exact) mass is 267 g/mol. The second-order valence-electron chi connectivity index (χ2n) is 3.65. The normalized spacial score (nSPS) is 9.74. The number of nitrogens with zero attached hydrogens (tertiary/aromatic N) is 1. The molecule has 1 aromatic rings. The molecule has 0 atom stereocenters. The number of benzene rings is 1. The Kier molecular flexibility index (Phi) is 5.46. The van der Waals surface area contributed by atoms with Crippen LogP contribution in [0.5, 0.6) is 0 Å². The number of hydrogen-bond acceptors (Lipinski definition) is 6. The predicted molar refractivity (Wildman–Crippen MR) is 64.4 cm³/mol. The fourth-order valence-corrected chi connectivity index (χ4v) is 1.31. The van der Waals surface area contributed by atoms with E-state index in [-0.39, 0.29) is 12.3 Å². The molecule has 0 aromatic heterocycles. The summed E-state index contributed by atoms with van der Waals surface area (Å²) in [5.74, 6) is -1.31. The average molecular weight is 267 g/mol. The maximum absolute atomic E-state index is 11.1. The van der Waals surface area contributed by atoms with Gasteiger partial charge in [-0.2, -0.15) is 0 Å². The summed E-state index contributed by atoms with van der Waals surface area (Å²) in [6, 6.07) is 5.94. The largest absolute Gasteiger partial charge is 0.469 e. The van der Waals surface area contributed by atoms with Crippen molar-refractivity contribution in [3.8, 4) is 0 Å². The molecule has 0 aliphatic rings. The Morgan fingerprint density at radius 1 is 1.21 bits per heavy atom. The fraction of sp³-hybridized carbons (Fsp3) is 0.333. The Morgan fingerprint density at radius 2 is 1.84 bits per heavy atom. The predicted octanol–water partition coefficient (Wildman–Crippen LogP) is 1.24. The minimum Gasteiger partial charge on any atom is -0.469 e. The molecule has 7 nitrogen and oxygen atoms in total. The third-order valence-corrected chi connectivity index (χ3v) is 2.32. The van der Waals surface area contributed by atoms with Crippen LogP contribution in [0.3, 0.4) is 0 Å². The SMILES string of the molecule is COC(=O)CC(=O)OCCc1ccc([N+](=O)[O-])cc1. The topological polar surface area (TPSA) is 95.7 Å². The lowest BCUT2D eigenvalue weighted by Crippen LogP contribution is -2.13. The van der Waals surface area contributed by atoms with Gasteiger partial charge in [0.2, 0.25) is 0 Å². The van der Waals surface area contributed by atoms with Crippen LogP contribution >= 0.6 is 0 Å². The fourth-order valence-electron chi connectivity index (χ4n) is 1.31. The summed E-state index contributed by atoms with van der Waals surface area (Å²) in [7, 11) is 1.19. The van der Waals surface area contributed by atoms with Gasteiger partial charge in [0.15, 0.2) is 0 Å². The zero-order valence-corrected chi connectivity index (χ0v) is 10.3. The first kappa shape index (κ1) is 14.6. The number of hydrogen-bond donors (Lipinski definition) is 0. The number of rotatable bonds is 6. The molecule has 0 unspecified atom stereocenters. The van der Waals surface area contributed by atoms with E-state index in [0.29, 0.717) is 6.42 Å². The number of non-ortho nitro benzene ring substituents is 1. The Bertz CT molecular complexity index is 468. The van der Waals surface area contributed by atoms with Gasteiger partial charge in [-0.1, -0.05) is 12.1 Å². The van der Waals surface area contributed by atoms with E-state index in [1.165, 1.54) is 19.2 Å². The Hall–Kier alpha value is -2.44. The van der Waals surface area contributed by atoms with Gasteiger partial charge in [0.1, 0.15) is 6.42 Å². The van der Waals surface area contributed by atoms with Crippen molar-refractivity contribution in [1.82, 2.24) is 0 Å². The molecule has 1 aromatic carbocycles. The number of nitro benzene ring substituents is 1. The van der Waals surface area contributed by atoms with Crippen LogP contribution in [-0.2, 0) is 25.5 Å². The number of ether oxygens (including phenoxy) is 2. The number of carbonyl (C=O) groups excluding carboxylic acids is 2. The second-order valence-corrected chi connectivity index (χ2v) is 3.65. The van der Waals surface area contributed by atoms with Crippen molar-refractivity contribution in [3.63, 3.8) is 0 Å². The number of nitro groups is 1. The molecular formula is C12H13NO6. The first-order valence-corrected chi connectivity index (χ1v) is 5.48. The van der Waals surface area contributed by atoms with Crippen molar-refractivity contribution in [2.24, 2.45) is 0 Å². The van der Waals surface area contributed by atoms with Gasteiger partial charge in [-0.3, -0.25) is 19.7 Å². The maximum Gasteiger partial charge on any atom is 0.317 e. The smallest absolute Gasteiger partial charge is 0.317 e. The standard InChI is InChI=1S/C12H13NO6/c1-18-11(14)8-12(15)19-7-6-9-2-4-10(5-3-9)13(16)17/h2-5H,6-8H2,1H3. The molecule has 0 saturated heterocycles. The zero-order chi connectivity index (χ0) is 14.3. The molecule has 0 fully saturated rings. The molecule has 1 rings (SSSR count). The molecular weight excluding hydrogens is 254 g/mol. The van der Waals surface area contributed by atoms with Gasteiger partial charge in [-0.15, -0.1) is 0 Å². The molecule has 0 aliphatic carbocycles. The molecule has 102 valence electrons. The zero-order valence-electron chi connectivity index (χ0n) is 10.3. The highest BCUT2D eigenvalue weighted by Gasteiger charge is 2.10. The average Bonchev–Trinajstić information content (AvgIpc) is 2.39. The molecule has 0 saturated carbocycles. The molecule has 0 spiro atoms. The van der Waals surface area contributed by atoms with Gasteiger partial charge >= 0.3 is 11.9 Å². The lowest BCUT2D eigenvalue weighted by molar-refractivity contribution is -0.384. The van der Waals surface area contributed by atoms with E-state index in [1.54, 1.807) is 12.1 Å². The van der Waals surface area contributed by atoms with E-state index in [0.717, 1.165) is 5.56 Å². The number of carbonyl (C=O) groups is 2. The van der Waals surface area contributed by atoms with Crippen molar-refractivity contribution >= 4 is 17.6 Å². The quantitative estimate of drug-likeness (QED) is 0.333. The van der Waals surface area contributed by atoms with Crippen LogP contribution < -0.4 is 0 Å². The Morgan fingerprint density at radius 3 is 2.37 bits per heavy atom. The van der Waals surface area contributed by atoms with E-state index >= 15 is 0 Å². The van der Waals surface area contributed by atoms with Crippen molar-refractivity contribution in [2.45, 2.75) is 12.8 Å². The first-order valence-electron chi connectivity index (χ1n) is 5.48. The summed E-state index contributed by atoms with van der Waals surface area (Å²) in [4.78, 5) is 31.9. The van der Waals surface area contributed by atoms with Gasteiger partial charge in [0.05, 0.1) is 18.6 Å². The van der Waals surface area contributed by atoms with Gasteiger partial charge in [0.25, 0.3) is 5.69 Å². The van der Waals surface area contributed by atoms with Gasteiger partial charge in [0, 0.05) is 18.6 Å². The first-order chi connectivity index (χ1) is 9.02. The summed E-state index contributed by atoms with van der Waals surface area (Å²) >= 11 is 0. The van der Waals surface area contributed by atoms with E-state index < -0.39 is 23.3 Å². The summed E-state index contributed by atoms with van der Waals surface area (Å²) in [5.41, 5.74) is 0.808. The minimum atomic E-state index is -0.659. The van der Waals surface area contributed by atoms with Crippen LogP contribution in [0.25, 0.3) is 0 Å².